The topological polar surface area (TPSA) is 85.5 Å². The first-order valence-electron chi connectivity index (χ1n) is 6.09. The molecule has 0 saturated carbocycles. The number of thiazole rings is 1. The molecule has 0 spiro atoms. The van der Waals surface area contributed by atoms with Gasteiger partial charge in [-0.2, -0.15) is 0 Å². The Hall–Kier alpha value is -1.85. The van der Waals surface area contributed by atoms with Crippen molar-refractivity contribution in [3.63, 3.8) is 0 Å². The Kier molecular flexibility index (Phi) is 4.82. The van der Waals surface area contributed by atoms with Gasteiger partial charge in [-0.3, -0.25) is 0 Å². The van der Waals surface area contributed by atoms with Gasteiger partial charge in [-0.25, -0.2) is 18.5 Å². The van der Waals surface area contributed by atoms with E-state index in [1.165, 1.54) is 18.2 Å². The van der Waals surface area contributed by atoms with Crippen molar-refractivity contribution in [2.45, 2.75) is 17.1 Å². The summed E-state index contributed by atoms with van der Waals surface area (Å²) in [5.74, 6) is -0.326. The van der Waals surface area contributed by atoms with Gasteiger partial charge in [0, 0.05) is 13.6 Å². The molecule has 1 heterocycles. The van der Waals surface area contributed by atoms with Gasteiger partial charge in [0.15, 0.2) is 9.34 Å². The number of anilines is 1. The van der Waals surface area contributed by atoms with Crippen LogP contribution in [0, 0.1) is 0 Å². The number of nitrogens with zero attached hydrogens (tertiary/aromatic N) is 2. The fourth-order valence-corrected chi connectivity index (χ4v) is 3.24. The molecule has 0 bridgehead atoms. The van der Waals surface area contributed by atoms with Crippen molar-refractivity contribution >= 4 is 26.5 Å². The van der Waals surface area contributed by atoms with Crippen LogP contribution in [0.1, 0.15) is 5.56 Å². The number of sulfonamides is 1. The van der Waals surface area contributed by atoms with E-state index >= 15 is 0 Å². The SMILES string of the molecule is CN(Cc1cccc(OC(F)(F)F)c1)c1ncc(S(N)(=O)=O)s1. The van der Waals surface area contributed by atoms with Gasteiger partial charge >= 0.3 is 6.36 Å². The Morgan fingerprint density at radius 2 is 2.09 bits per heavy atom. The molecule has 23 heavy (non-hydrogen) atoms. The molecule has 2 N–H and O–H groups in total. The van der Waals surface area contributed by atoms with Crippen LogP contribution >= 0.6 is 11.3 Å². The maximum absolute atomic E-state index is 12.2. The lowest BCUT2D eigenvalue weighted by Crippen LogP contribution is -2.18. The number of halogens is 3. The number of rotatable bonds is 5. The molecule has 126 valence electrons. The molecule has 6 nitrogen and oxygen atoms in total. The maximum atomic E-state index is 12.2. The lowest BCUT2D eigenvalue weighted by molar-refractivity contribution is -0.274. The standard InChI is InChI=1S/C12H12F3N3O3S2/c1-18(11-17-6-10(22-11)23(16,19)20)7-8-3-2-4-9(5-8)21-12(13,14)15/h2-6H,7H2,1H3,(H2,16,19,20). The molecule has 0 amide bonds. The minimum Gasteiger partial charge on any atom is -0.406 e. The monoisotopic (exact) mass is 367 g/mol. The Bertz CT molecular complexity index is 790. The highest BCUT2D eigenvalue weighted by Crippen LogP contribution is 2.27. The van der Waals surface area contributed by atoms with Gasteiger partial charge in [0.2, 0.25) is 10.0 Å². The third-order valence-corrected chi connectivity index (χ3v) is 5.15. The molecule has 2 rings (SSSR count). The van der Waals surface area contributed by atoms with Crippen molar-refractivity contribution in [2.75, 3.05) is 11.9 Å². The predicted octanol–water partition coefficient (Wildman–Crippen LogP) is 2.33. The van der Waals surface area contributed by atoms with E-state index < -0.39 is 16.4 Å². The van der Waals surface area contributed by atoms with E-state index in [1.807, 2.05) is 0 Å². The first-order valence-corrected chi connectivity index (χ1v) is 8.45. The van der Waals surface area contributed by atoms with Gasteiger partial charge < -0.3 is 9.64 Å². The van der Waals surface area contributed by atoms with Gasteiger partial charge in [0.1, 0.15) is 5.75 Å². The molecule has 0 atom stereocenters. The van der Waals surface area contributed by atoms with Crippen LogP contribution < -0.4 is 14.8 Å². The third kappa shape index (κ3) is 5.08. The fourth-order valence-electron chi connectivity index (χ4n) is 1.74. The zero-order valence-electron chi connectivity index (χ0n) is 11.7. The average Bonchev–Trinajstić information content (AvgIpc) is 2.86. The highest BCUT2D eigenvalue weighted by molar-refractivity contribution is 7.91. The van der Waals surface area contributed by atoms with Gasteiger partial charge in [0.05, 0.1) is 6.20 Å². The van der Waals surface area contributed by atoms with Crippen LogP contribution in [0.4, 0.5) is 18.3 Å². The molecule has 1 aromatic heterocycles. The summed E-state index contributed by atoms with van der Waals surface area (Å²) in [4.78, 5) is 5.52. The number of nitrogens with two attached hydrogens (primary N) is 1. The van der Waals surface area contributed by atoms with Crippen molar-refractivity contribution in [3.8, 4) is 5.75 Å². The molecule has 0 aliphatic rings. The van der Waals surface area contributed by atoms with E-state index in [0.29, 0.717) is 10.7 Å². The van der Waals surface area contributed by atoms with Gasteiger partial charge in [0.25, 0.3) is 0 Å². The van der Waals surface area contributed by atoms with E-state index in [0.717, 1.165) is 17.5 Å². The van der Waals surface area contributed by atoms with Crippen LogP contribution in [0.3, 0.4) is 0 Å². The number of hydrogen-bond donors (Lipinski definition) is 1. The summed E-state index contributed by atoms with van der Waals surface area (Å²) < 4.78 is 62.8. The Balaban J connectivity index is 2.12. The predicted molar refractivity (Wildman–Crippen MR) is 78.7 cm³/mol. The highest BCUT2D eigenvalue weighted by Gasteiger charge is 2.31. The molecule has 0 saturated heterocycles. The number of aromatic nitrogens is 1. The molecule has 0 aliphatic carbocycles. The second-order valence-corrected chi connectivity index (χ2v) is 7.36. The molecule has 0 radical (unpaired) electrons. The van der Waals surface area contributed by atoms with Crippen LogP contribution in [-0.4, -0.2) is 26.8 Å². The lowest BCUT2D eigenvalue weighted by Gasteiger charge is -2.16. The molecule has 0 aliphatic heterocycles. The summed E-state index contributed by atoms with van der Waals surface area (Å²) in [6.45, 7) is 0.215. The summed E-state index contributed by atoms with van der Waals surface area (Å²) in [7, 11) is -2.20. The second kappa shape index (κ2) is 6.34. The quantitative estimate of drug-likeness (QED) is 0.877. The minimum atomic E-state index is -4.76. The van der Waals surface area contributed by atoms with Crippen molar-refractivity contribution in [3.05, 3.63) is 36.0 Å². The Morgan fingerprint density at radius 1 is 1.39 bits per heavy atom. The fraction of sp³-hybridized carbons (Fsp3) is 0.250. The third-order valence-electron chi connectivity index (χ3n) is 2.63. The van der Waals surface area contributed by atoms with Crippen LogP contribution in [0.2, 0.25) is 0 Å². The first kappa shape index (κ1) is 17.5. The maximum Gasteiger partial charge on any atom is 0.573 e. The molecule has 2 aromatic rings. The summed E-state index contributed by atoms with van der Waals surface area (Å²) in [6.07, 6.45) is -3.63. The van der Waals surface area contributed by atoms with E-state index in [9.17, 15) is 21.6 Å². The molecule has 0 unspecified atom stereocenters. The van der Waals surface area contributed by atoms with Gasteiger partial charge in [-0.05, 0) is 17.7 Å². The number of primary sulfonamides is 1. The largest absolute Gasteiger partial charge is 0.573 e. The van der Waals surface area contributed by atoms with E-state index in [1.54, 1.807) is 18.0 Å². The minimum absolute atomic E-state index is 0.0893. The zero-order valence-corrected chi connectivity index (χ0v) is 13.4. The summed E-state index contributed by atoms with van der Waals surface area (Å²) in [5.41, 5.74) is 0.543. The van der Waals surface area contributed by atoms with Crippen molar-refractivity contribution in [1.82, 2.24) is 4.98 Å². The number of ether oxygens (including phenoxy) is 1. The first-order chi connectivity index (χ1) is 10.5. The Morgan fingerprint density at radius 3 is 2.65 bits per heavy atom. The van der Waals surface area contributed by atoms with Crippen molar-refractivity contribution in [2.24, 2.45) is 5.14 Å². The van der Waals surface area contributed by atoms with Crippen molar-refractivity contribution < 1.29 is 26.3 Å². The molecule has 1 aromatic carbocycles. The van der Waals surface area contributed by atoms with E-state index in [2.05, 4.69) is 9.72 Å². The molecule has 11 heteroatoms. The second-order valence-electron chi connectivity index (χ2n) is 4.56. The van der Waals surface area contributed by atoms with Crippen LogP contribution in [0.25, 0.3) is 0 Å². The van der Waals surface area contributed by atoms with Crippen LogP contribution in [0.15, 0.2) is 34.7 Å². The van der Waals surface area contributed by atoms with Gasteiger partial charge in [-0.1, -0.05) is 23.5 Å². The van der Waals surface area contributed by atoms with E-state index in [4.69, 9.17) is 5.14 Å². The molecule has 0 fully saturated rings. The highest BCUT2D eigenvalue weighted by atomic mass is 32.2. The molecular formula is C12H12F3N3O3S2. The number of benzene rings is 1. The number of hydrogen-bond acceptors (Lipinski definition) is 6. The normalized spacial score (nSPS) is 12.2. The van der Waals surface area contributed by atoms with Gasteiger partial charge in [-0.15, -0.1) is 13.2 Å². The molecular weight excluding hydrogens is 355 g/mol. The van der Waals surface area contributed by atoms with Crippen LogP contribution in [-0.2, 0) is 16.6 Å². The number of alkyl halides is 3. The summed E-state index contributed by atoms with van der Waals surface area (Å²) in [5, 5.41) is 5.37. The average molecular weight is 367 g/mol. The van der Waals surface area contributed by atoms with Crippen LogP contribution in [0.5, 0.6) is 5.75 Å². The zero-order chi connectivity index (χ0) is 17.3. The lowest BCUT2D eigenvalue weighted by atomic mass is 10.2. The Labute approximate surface area is 134 Å². The summed E-state index contributed by atoms with van der Waals surface area (Å²) >= 11 is 0.872. The van der Waals surface area contributed by atoms with E-state index in [-0.39, 0.29) is 16.5 Å². The smallest absolute Gasteiger partial charge is 0.406 e. The van der Waals surface area contributed by atoms with Crippen molar-refractivity contribution in [1.29, 1.82) is 0 Å². The summed E-state index contributed by atoms with van der Waals surface area (Å²) in [6, 6.07) is 5.49.